The molecule has 0 aliphatic rings. The van der Waals surface area contributed by atoms with Gasteiger partial charge in [-0.05, 0) is 47.4 Å². The van der Waals surface area contributed by atoms with Gasteiger partial charge in [-0.3, -0.25) is 0 Å². The minimum Gasteiger partial charge on any atom is -0.206 e. The van der Waals surface area contributed by atoms with E-state index in [1.807, 2.05) is 30.3 Å². The van der Waals surface area contributed by atoms with E-state index in [0.29, 0.717) is 10.4 Å². The van der Waals surface area contributed by atoms with E-state index in [9.17, 15) is 8.78 Å². The number of benzene rings is 2. The first-order valence-electron chi connectivity index (χ1n) is 7.93. The van der Waals surface area contributed by atoms with Gasteiger partial charge in [0.15, 0.2) is 0 Å². The van der Waals surface area contributed by atoms with Crippen LogP contribution in [0.25, 0.3) is 27.6 Å². The Balaban J connectivity index is 1.98. The normalized spacial score (nSPS) is 10.8. The number of rotatable bonds is 5. The summed E-state index contributed by atoms with van der Waals surface area (Å²) in [5, 5.41) is 0. The molecule has 0 spiro atoms. The summed E-state index contributed by atoms with van der Waals surface area (Å²) in [6.45, 7) is 5.80. The molecule has 0 nitrogen and oxygen atoms in total. The van der Waals surface area contributed by atoms with Crippen LogP contribution in [0.2, 0.25) is 0 Å². The maximum absolute atomic E-state index is 14.5. The summed E-state index contributed by atoms with van der Waals surface area (Å²) in [5.41, 5.74) is 2.63. The highest BCUT2D eigenvalue weighted by molar-refractivity contribution is 7.16. The molecule has 3 aromatic rings. The van der Waals surface area contributed by atoms with E-state index < -0.39 is 11.6 Å². The molecule has 0 amide bonds. The topological polar surface area (TPSA) is 0 Å². The SMILES string of the molecule is C=Cc1ccc(-c2c(F)cc(-c3ccc(CCC)cc3)cc2F)s1. The fourth-order valence-corrected chi connectivity index (χ4v) is 3.63. The van der Waals surface area contributed by atoms with E-state index >= 15 is 0 Å². The molecule has 2 aromatic carbocycles. The summed E-state index contributed by atoms with van der Waals surface area (Å²) in [7, 11) is 0. The number of halogens is 2. The quantitative estimate of drug-likeness (QED) is 0.471. The highest BCUT2D eigenvalue weighted by Gasteiger charge is 2.15. The first-order chi connectivity index (χ1) is 11.6. The molecule has 3 rings (SSSR count). The lowest BCUT2D eigenvalue weighted by Gasteiger charge is -2.08. The van der Waals surface area contributed by atoms with Crippen LogP contribution in [-0.4, -0.2) is 0 Å². The molecule has 0 fully saturated rings. The first-order valence-corrected chi connectivity index (χ1v) is 8.75. The van der Waals surface area contributed by atoms with Gasteiger partial charge in [0.05, 0.1) is 5.56 Å². The van der Waals surface area contributed by atoms with Gasteiger partial charge in [-0.25, -0.2) is 8.78 Å². The number of hydrogen-bond acceptors (Lipinski definition) is 1. The van der Waals surface area contributed by atoms with Gasteiger partial charge in [-0.1, -0.05) is 50.3 Å². The molecule has 0 saturated carbocycles. The predicted molar refractivity (Wildman–Crippen MR) is 99.2 cm³/mol. The average Bonchev–Trinajstić information content (AvgIpc) is 3.04. The van der Waals surface area contributed by atoms with Gasteiger partial charge in [-0.2, -0.15) is 0 Å². The summed E-state index contributed by atoms with van der Waals surface area (Å²) in [6.07, 6.45) is 3.76. The Morgan fingerprint density at radius 2 is 1.62 bits per heavy atom. The van der Waals surface area contributed by atoms with E-state index in [1.165, 1.54) is 29.0 Å². The number of thiophene rings is 1. The van der Waals surface area contributed by atoms with E-state index in [2.05, 4.69) is 13.5 Å². The second kappa shape index (κ2) is 7.10. The van der Waals surface area contributed by atoms with Crippen molar-refractivity contribution in [3.05, 3.63) is 77.2 Å². The fraction of sp³-hybridized carbons (Fsp3) is 0.143. The van der Waals surface area contributed by atoms with Crippen LogP contribution in [0.4, 0.5) is 8.78 Å². The minimum absolute atomic E-state index is 0.0273. The van der Waals surface area contributed by atoms with E-state index in [1.54, 1.807) is 12.1 Å². The smallest absolute Gasteiger partial charge is 0.135 e. The zero-order chi connectivity index (χ0) is 17.1. The van der Waals surface area contributed by atoms with Gasteiger partial charge in [0.2, 0.25) is 0 Å². The molecule has 0 N–H and O–H groups in total. The molecule has 0 aliphatic carbocycles. The second-order valence-corrected chi connectivity index (χ2v) is 6.78. The third-order valence-electron chi connectivity index (χ3n) is 3.94. The maximum Gasteiger partial charge on any atom is 0.135 e. The Morgan fingerprint density at radius 3 is 2.17 bits per heavy atom. The van der Waals surface area contributed by atoms with Crippen LogP contribution in [0.3, 0.4) is 0 Å². The molecule has 0 saturated heterocycles. The molecule has 0 bridgehead atoms. The Morgan fingerprint density at radius 1 is 0.958 bits per heavy atom. The molecule has 0 aliphatic heterocycles. The van der Waals surface area contributed by atoms with Crippen molar-refractivity contribution in [2.45, 2.75) is 19.8 Å². The number of hydrogen-bond donors (Lipinski definition) is 0. The second-order valence-electron chi connectivity index (χ2n) is 5.67. The summed E-state index contributed by atoms with van der Waals surface area (Å²) >= 11 is 1.33. The first kappa shape index (κ1) is 16.6. The lowest BCUT2D eigenvalue weighted by Crippen LogP contribution is -1.91. The Bertz CT molecular complexity index is 837. The Kier molecular flexibility index (Phi) is 4.91. The van der Waals surface area contributed by atoms with Gasteiger partial charge in [0.25, 0.3) is 0 Å². The Hall–Kier alpha value is -2.26. The molecular weight excluding hydrogens is 322 g/mol. The van der Waals surface area contributed by atoms with Crippen molar-refractivity contribution in [1.82, 2.24) is 0 Å². The standard InChI is InChI=1S/C21H18F2S/c1-3-5-14-6-8-15(9-7-14)16-12-18(22)21(19(23)13-16)20-11-10-17(4-2)24-20/h4,6-13H,2-3,5H2,1H3. The lowest BCUT2D eigenvalue weighted by atomic mass is 10.00. The van der Waals surface area contributed by atoms with Crippen LogP contribution in [-0.2, 0) is 6.42 Å². The summed E-state index contributed by atoms with van der Waals surface area (Å²) in [5.74, 6) is -1.08. The van der Waals surface area contributed by atoms with Gasteiger partial charge >= 0.3 is 0 Å². The molecular formula is C21H18F2S. The molecule has 0 atom stereocenters. The predicted octanol–water partition coefficient (Wildman–Crippen LogP) is 6.96. The van der Waals surface area contributed by atoms with Crippen LogP contribution in [0.15, 0.2) is 55.1 Å². The van der Waals surface area contributed by atoms with Crippen molar-refractivity contribution < 1.29 is 8.78 Å². The largest absolute Gasteiger partial charge is 0.206 e. The summed E-state index contributed by atoms with van der Waals surface area (Å²) in [6, 6.07) is 14.2. The van der Waals surface area contributed by atoms with Crippen LogP contribution < -0.4 is 0 Å². The molecule has 0 unspecified atom stereocenters. The molecule has 3 heteroatoms. The molecule has 1 heterocycles. The molecule has 1 aromatic heterocycles. The highest BCUT2D eigenvalue weighted by Crippen LogP contribution is 2.35. The van der Waals surface area contributed by atoms with Gasteiger partial charge in [0.1, 0.15) is 11.6 Å². The van der Waals surface area contributed by atoms with E-state index in [-0.39, 0.29) is 5.56 Å². The van der Waals surface area contributed by atoms with Gasteiger partial charge in [0, 0.05) is 9.75 Å². The van der Waals surface area contributed by atoms with Crippen molar-refractivity contribution in [1.29, 1.82) is 0 Å². The lowest BCUT2D eigenvalue weighted by molar-refractivity contribution is 0.591. The zero-order valence-electron chi connectivity index (χ0n) is 13.5. The van der Waals surface area contributed by atoms with Crippen molar-refractivity contribution >= 4 is 17.4 Å². The van der Waals surface area contributed by atoms with Crippen molar-refractivity contribution in [2.75, 3.05) is 0 Å². The molecule has 122 valence electrons. The van der Waals surface area contributed by atoms with Crippen LogP contribution in [0.5, 0.6) is 0 Å². The average molecular weight is 340 g/mol. The maximum atomic E-state index is 14.5. The van der Waals surface area contributed by atoms with E-state index in [0.717, 1.165) is 23.3 Å². The molecule has 0 radical (unpaired) electrons. The van der Waals surface area contributed by atoms with Crippen molar-refractivity contribution in [2.24, 2.45) is 0 Å². The van der Waals surface area contributed by atoms with Crippen LogP contribution in [0, 0.1) is 11.6 Å². The monoisotopic (exact) mass is 340 g/mol. The highest BCUT2D eigenvalue weighted by atomic mass is 32.1. The third-order valence-corrected chi connectivity index (χ3v) is 5.04. The summed E-state index contributed by atoms with van der Waals surface area (Å²) in [4.78, 5) is 1.46. The van der Waals surface area contributed by atoms with E-state index in [4.69, 9.17) is 0 Å². The molecule has 24 heavy (non-hydrogen) atoms. The number of aryl methyl sites for hydroxylation is 1. The van der Waals surface area contributed by atoms with Crippen molar-refractivity contribution in [3.8, 4) is 21.6 Å². The zero-order valence-corrected chi connectivity index (χ0v) is 14.3. The van der Waals surface area contributed by atoms with Gasteiger partial charge in [-0.15, -0.1) is 11.3 Å². The van der Waals surface area contributed by atoms with Crippen molar-refractivity contribution in [3.63, 3.8) is 0 Å². The fourth-order valence-electron chi connectivity index (χ4n) is 2.72. The van der Waals surface area contributed by atoms with Crippen LogP contribution in [0.1, 0.15) is 23.8 Å². The van der Waals surface area contributed by atoms with Crippen LogP contribution >= 0.6 is 11.3 Å². The Labute approximate surface area is 145 Å². The van der Waals surface area contributed by atoms with Gasteiger partial charge < -0.3 is 0 Å². The third kappa shape index (κ3) is 3.31. The minimum atomic E-state index is -0.542. The summed E-state index contributed by atoms with van der Waals surface area (Å²) < 4.78 is 29.1.